The summed E-state index contributed by atoms with van der Waals surface area (Å²) >= 11 is 0. The molecule has 0 aliphatic rings. The van der Waals surface area contributed by atoms with Gasteiger partial charge in [-0.2, -0.15) is 0 Å². The fourth-order valence-electron chi connectivity index (χ4n) is 1.32. The van der Waals surface area contributed by atoms with Gasteiger partial charge in [0, 0.05) is 11.4 Å². The first-order chi connectivity index (χ1) is 8.65. The number of hydrogen-bond acceptors (Lipinski definition) is 4. The molecule has 0 spiro atoms. The molecule has 0 unspecified atom stereocenters. The Kier molecular flexibility index (Phi) is 5.67. The first-order valence-corrected chi connectivity index (χ1v) is 5.58. The van der Waals surface area contributed by atoms with Crippen molar-refractivity contribution in [1.82, 2.24) is 9.97 Å². The number of pyridine rings is 2. The van der Waals surface area contributed by atoms with E-state index in [9.17, 15) is 4.79 Å². The van der Waals surface area contributed by atoms with Crippen LogP contribution in [0, 0.1) is 13.8 Å². The Bertz CT molecular complexity index is 513. The molecular formula is C14H16N2O2. The lowest BCUT2D eigenvalue weighted by atomic mass is 10.3. The maximum absolute atomic E-state index is 10.1. The Morgan fingerprint density at radius 2 is 1.67 bits per heavy atom. The van der Waals surface area contributed by atoms with Gasteiger partial charge >= 0.3 is 0 Å². The largest absolute Gasteiger partial charge is 0.390 e. The van der Waals surface area contributed by atoms with Gasteiger partial charge in [-0.1, -0.05) is 12.1 Å². The monoisotopic (exact) mass is 244 g/mol. The number of carbonyl (C=O) groups excluding carboxylic acids is 1. The Balaban J connectivity index is 0.000000180. The van der Waals surface area contributed by atoms with Crippen LogP contribution < -0.4 is 0 Å². The molecule has 0 aliphatic heterocycles. The number of rotatable bonds is 2. The summed E-state index contributed by atoms with van der Waals surface area (Å²) in [5.41, 5.74) is 3.05. The van der Waals surface area contributed by atoms with Gasteiger partial charge in [-0.15, -0.1) is 0 Å². The molecule has 0 radical (unpaired) electrons. The Morgan fingerprint density at radius 1 is 1.06 bits per heavy atom. The van der Waals surface area contributed by atoms with Crippen molar-refractivity contribution in [2.45, 2.75) is 20.5 Å². The standard InChI is InChI=1S/C7H9NO.C7H7NO/c2*1-6-3-2-4-7(5-9)8-6/h2-4,9H,5H2,1H3;2-5H,1H3. The van der Waals surface area contributed by atoms with Crippen molar-refractivity contribution in [3.8, 4) is 0 Å². The average Bonchev–Trinajstić information content (AvgIpc) is 2.39. The highest BCUT2D eigenvalue weighted by atomic mass is 16.3. The van der Waals surface area contributed by atoms with E-state index < -0.39 is 0 Å². The summed E-state index contributed by atoms with van der Waals surface area (Å²) in [7, 11) is 0. The molecule has 0 fully saturated rings. The molecule has 2 heterocycles. The van der Waals surface area contributed by atoms with E-state index in [0.717, 1.165) is 23.4 Å². The third kappa shape index (κ3) is 4.84. The molecule has 18 heavy (non-hydrogen) atoms. The van der Waals surface area contributed by atoms with Gasteiger partial charge in [-0.3, -0.25) is 14.8 Å². The number of nitrogens with zero attached hydrogens (tertiary/aromatic N) is 2. The van der Waals surface area contributed by atoms with Gasteiger partial charge in [-0.05, 0) is 38.1 Å². The average molecular weight is 244 g/mol. The molecule has 0 saturated heterocycles. The van der Waals surface area contributed by atoms with Crippen LogP contribution in [-0.4, -0.2) is 21.4 Å². The van der Waals surface area contributed by atoms with Crippen LogP contribution >= 0.6 is 0 Å². The second kappa shape index (κ2) is 7.29. The second-order valence-electron chi connectivity index (χ2n) is 3.75. The number of aromatic nitrogens is 2. The van der Waals surface area contributed by atoms with Crippen molar-refractivity contribution in [3.05, 3.63) is 59.2 Å². The summed E-state index contributed by atoms with van der Waals surface area (Å²) < 4.78 is 0. The van der Waals surface area contributed by atoms with E-state index in [1.165, 1.54) is 0 Å². The fourth-order valence-corrected chi connectivity index (χ4v) is 1.32. The van der Waals surface area contributed by atoms with Gasteiger partial charge in [0.25, 0.3) is 0 Å². The van der Waals surface area contributed by atoms with E-state index in [0.29, 0.717) is 5.69 Å². The number of carbonyl (C=O) groups is 1. The zero-order valence-electron chi connectivity index (χ0n) is 10.5. The molecule has 1 N–H and O–H groups in total. The molecule has 2 aromatic rings. The number of hydrogen-bond donors (Lipinski definition) is 1. The van der Waals surface area contributed by atoms with Crippen LogP contribution in [0.1, 0.15) is 27.6 Å². The van der Waals surface area contributed by atoms with Crippen molar-refractivity contribution in [1.29, 1.82) is 0 Å². The van der Waals surface area contributed by atoms with Crippen LogP contribution in [0.5, 0.6) is 0 Å². The smallest absolute Gasteiger partial charge is 0.168 e. The summed E-state index contributed by atoms with van der Waals surface area (Å²) in [5, 5.41) is 8.60. The van der Waals surface area contributed by atoms with Crippen molar-refractivity contribution in [3.63, 3.8) is 0 Å². The zero-order valence-corrected chi connectivity index (χ0v) is 10.5. The molecule has 0 amide bonds. The molecule has 4 nitrogen and oxygen atoms in total. The van der Waals surface area contributed by atoms with Crippen LogP contribution in [0.2, 0.25) is 0 Å². The lowest BCUT2D eigenvalue weighted by molar-refractivity contribution is 0.111. The van der Waals surface area contributed by atoms with Crippen LogP contribution in [0.25, 0.3) is 0 Å². The maximum Gasteiger partial charge on any atom is 0.168 e. The van der Waals surface area contributed by atoms with Gasteiger partial charge in [0.1, 0.15) is 5.69 Å². The van der Waals surface area contributed by atoms with E-state index in [1.54, 1.807) is 12.1 Å². The minimum Gasteiger partial charge on any atom is -0.390 e. The summed E-state index contributed by atoms with van der Waals surface area (Å²) in [5.74, 6) is 0. The summed E-state index contributed by atoms with van der Waals surface area (Å²) in [4.78, 5) is 18.1. The normalized spacial score (nSPS) is 9.28. The molecule has 0 aliphatic carbocycles. The first kappa shape index (κ1) is 14.0. The van der Waals surface area contributed by atoms with Crippen LogP contribution in [0.15, 0.2) is 36.4 Å². The Hall–Kier alpha value is -2.07. The molecule has 94 valence electrons. The summed E-state index contributed by atoms with van der Waals surface area (Å²) in [6.07, 6.45) is 0.743. The first-order valence-electron chi connectivity index (χ1n) is 5.58. The van der Waals surface area contributed by atoms with Gasteiger partial charge < -0.3 is 5.11 Å². The topological polar surface area (TPSA) is 63.1 Å². The second-order valence-corrected chi connectivity index (χ2v) is 3.75. The van der Waals surface area contributed by atoms with E-state index in [4.69, 9.17) is 5.11 Å². The maximum atomic E-state index is 10.1. The zero-order chi connectivity index (χ0) is 13.4. The van der Waals surface area contributed by atoms with Crippen LogP contribution in [-0.2, 0) is 6.61 Å². The van der Waals surface area contributed by atoms with Crippen molar-refractivity contribution >= 4 is 6.29 Å². The molecule has 0 bridgehead atoms. The van der Waals surface area contributed by atoms with Crippen molar-refractivity contribution < 1.29 is 9.90 Å². The van der Waals surface area contributed by atoms with Crippen molar-refractivity contribution in [2.24, 2.45) is 0 Å². The lowest BCUT2D eigenvalue weighted by Crippen LogP contribution is -1.89. The highest BCUT2D eigenvalue weighted by Crippen LogP contribution is 1.96. The summed E-state index contributed by atoms with van der Waals surface area (Å²) in [6.45, 7) is 3.79. The molecule has 0 aromatic carbocycles. The fraction of sp³-hybridized carbons (Fsp3) is 0.214. The van der Waals surface area contributed by atoms with Gasteiger partial charge in [0.2, 0.25) is 0 Å². The third-order valence-corrected chi connectivity index (χ3v) is 2.14. The quantitative estimate of drug-likeness (QED) is 0.821. The minimum atomic E-state index is 0.0294. The highest BCUT2D eigenvalue weighted by Gasteiger charge is 1.89. The Morgan fingerprint density at radius 3 is 2.06 bits per heavy atom. The van der Waals surface area contributed by atoms with Crippen molar-refractivity contribution in [2.75, 3.05) is 0 Å². The summed E-state index contributed by atoms with van der Waals surface area (Å²) in [6, 6.07) is 10.9. The van der Waals surface area contributed by atoms with E-state index in [1.807, 2.05) is 38.1 Å². The lowest BCUT2D eigenvalue weighted by Gasteiger charge is -1.93. The van der Waals surface area contributed by atoms with Crippen LogP contribution in [0.4, 0.5) is 0 Å². The molecular weight excluding hydrogens is 228 g/mol. The van der Waals surface area contributed by atoms with E-state index >= 15 is 0 Å². The van der Waals surface area contributed by atoms with Gasteiger partial charge in [-0.25, -0.2) is 0 Å². The number of aryl methyl sites for hydroxylation is 2. The predicted octanol–water partition coefficient (Wildman–Crippen LogP) is 2.08. The van der Waals surface area contributed by atoms with E-state index in [-0.39, 0.29) is 6.61 Å². The Labute approximate surface area is 106 Å². The number of aliphatic hydroxyl groups excluding tert-OH is 1. The molecule has 0 atom stereocenters. The van der Waals surface area contributed by atoms with Crippen LogP contribution in [0.3, 0.4) is 0 Å². The van der Waals surface area contributed by atoms with E-state index in [2.05, 4.69) is 9.97 Å². The molecule has 0 saturated carbocycles. The predicted molar refractivity (Wildman–Crippen MR) is 69.3 cm³/mol. The molecule has 2 aromatic heterocycles. The number of aldehydes is 1. The highest BCUT2D eigenvalue weighted by molar-refractivity contribution is 5.71. The molecule has 4 heteroatoms. The van der Waals surface area contributed by atoms with Gasteiger partial charge in [0.15, 0.2) is 6.29 Å². The van der Waals surface area contributed by atoms with Gasteiger partial charge in [0.05, 0.1) is 12.3 Å². The molecule has 2 rings (SSSR count). The number of aliphatic hydroxyl groups is 1. The minimum absolute atomic E-state index is 0.0294. The SMILES string of the molecule is Cc1cccc(C=O)n1.Cc1cccc(CO)n1. The third-order valence-electron chi connectivity index (χ3n) is 2.14.